The quantitative estimate of drug-likeness (QED) is 0.820. The Balaban J connectivity index is 1.66. The highest BCUT2D eigenvalue weighted by Gasteiger charge is 2.46. The molecule has 2 atom stereocenters. The predicted octanol–water partition coefficient (Wildman–Crippen LogP) is 0.677. The zero-order chi connectivity index (χ0) is 15.2. The molecule has 0 radical (unpaired) electrons. The van der Waals surface area contributed by atoms with E-state index in [4.69, 9.17) is 0 Å². The van der Waals surface area contributed by atoms with Crippen molar-refractivity contribution in [3.05, 3.63) is 17.5 Å². The van der Waals surface area contributed by atoms with Gasteiger partial charge in [0.2, 0.25) is 10.0 Å². The highest BCUT2D eigenvalue weighted by Crippen LogP contribution is 2.34. The summed E-state index contributed by atoms with van der Waals surface area (Å²) in [6.45, 7) is 8.55. The third-order valence-electron chi connectivity index (χ3n) is 4.91. The Kier molecular flexibility index (Phi) is 3.83. The first-order valence-corrected chi connectivity index (χ1v) is 9.45. The summed E-state index contributed by atoms with van der Waals surface area (Å²) >= 11 is 0. The molecule has 1 aromatic heterocycles. The molecule has 2 fully saturated rings. The summed E-state index contributed by atoms with van der Waals surface area (Å²) < 4.78 is 27.1. The molecule has 0 aromatic carbocycles. The van der Waals surface area contributed by atoms with Gasteiger partial charge >= 0.3 is 0 Å². The minimum absolute atomic E-state index is 0.176. The Morgan fingerprint density at radius 2 is 2.14 bits per heavy atom. The number of likely N-dealkylation sites (tertiary alicyclic amines) is 1. The Bertz CT molecular complexity index is 625. The Labute approximate surface area is 126 Å². The van der Waals surface area contributed by atoms with Crippen molar-refractivity contribution >= 4 is 10.0 Å². The van der Waals surface area contributed by atoms with Gasteiger partial charge in [-0.2, -0.15) is 9.40 Å². The maximum atomic E-state index is 11.7. The van der Waals surface area contributed by atoms with Gasteiger partial charge in [-0.05, 0) is 32.7 Å². The van der Waals surface area contributed by atoms with E-state index in [0.29, 0.717) is 12.5 Å². The zero-order valence-electron chi connectivity index (χ0n) is 13.0. The molecule has 2 aliphatic rings. The second-order valence-corrected chi connectivity index (χ2v) is 8.19. The summed E-state index contributed by atoms with van der Waals surface area (Å²) in [4.78, 5) is 2.36. The smallest absolute Gasteiger partial charge is 0.211 e. The normalized spacial score (nSPS) is 27.4. The molecule has 0 spiro atoms. The average molecular weight is 312 g/mol. The number of rotatable bonds is 4. The monoisotopic (exact) mass is 312 g/mol. The molecule has 7 heteroatoms. The van der Waals surface area contributed by atoms with Crippen LogP contribution in [0.5, 0.6) is 0 Å². The first kappa shape index (κ1) is 15.0. The maximum absolute atomic E-state index is 11.7. The molecule has 0 aliphatic carbocycles. The molecule has 0 N–H and O–H groups in total. The van der Waals surface area contributed by atoms with Crippen molar-refractivity contribution in [2.75, 3.05) is 25.9 Å². The maximum Gasteiger partial charge on any atom is 0.211 e. The SMILES string of the molecule is CCn1ncc(CN2CC[C@@H]3CN(S(C)(=O)=O)[C@@H]3C2)c1C. The fraction of sp³-hybridized carbons (Fsp3) is 0.786. The van der Waals surface area contributed by atoms with E-state index in [9.17, 15) is 8.42 Å². The van der Waals surface area contributed by atoms with Crippen LogP contribution >= 0.6 is 0 Å². The van der Waals surface area contributed by atoms with E-state index in [-0.39, 0.29) is 6.04 Å². The molecule has 3 heterocycles. The van der Waals surface area contributed by atoms with E-state index in [2.05, 4.69) is 23.8 Å². The predicted molar refractivity (Wildman–Crippen MR) is 81.4 cm³/mol. The number of fused-ring (bicyclic) bond motifs is 1. The lowest BCUT2D eigenvalue weighted by Gasteiger charge is -2.52. The van der Waals surface area contributed by atoms with Gasteiger partial charge in [-0.25, -0.2) is 8.42 Å². The number of aryl methyl sites for hydroxylation is 1. The molecule has 118 valence electrons. The molecule has 1 aromatic rings. The van der Waals surface area contributed by atoms with E-state index in [1.165, 1.54) is 17.5 Å². The Hall–Kier alpha value is -0.920. The van der Waals surface area contributed by atoms with Crippen LogP contribution in [0.4, 0.5) is 0 Å². The van der Waals surface area contributed by atoms with Crippen LogP contribution in [0.2, 0.25) is 0 Å². The van der Waals surface area contributed by atoms with Crippen LogP contribution in [-0.2, 0) is 23.1 Å². The van der Waals surface area contributed by atoms with Gasteiger partial charge in [-0.15, -0.1) is 0 Å². The van der Waals surface area contributed by atoms with Crippen molar-refractivity contribution in [3.63, 3.8) is 0 Å². The molecule has 0 unspecified atom stereocenters. The lowest BCUT2D eigenvalue weighted by Crippen LogP contribution is -2.65. The van der Waals surface area contributed by atoms with Crippen LogP contribution in [0.3, 0.4) is 0 Å². The number of aromatic nitrogens is 2. The summed E-state index contributed by atoms with van der Waals surface area (Å²) in [5.41, 5.74) is 2.47. The van der Waals surface area contributed by atoms with Gasteiger partial charge in [0, 0.05) is 43.5 Å². The van der Waals surface area contributed by atoms with Crippen molar-refractivity contribution < 1.29 is 8.42 Å². The lowest BCUT2D eigenvalue weighted by atomic mass is 9.85. The van der Waals surface area contributed by atoms with Gasteiger partial charge in [0.1, 0.15) is 0 Å². The number of hydrogen-bond acceptors (Lipinski definition) is 4. The minimum atomic E-state index is -3.05. The van der Waals surface area contributed by atoms with Crippen LogP contribution in [0.15, 0.2) is 6.20 Å². The van der Waals surface area contributed by atoms with E-state index >= 15 is 0 Å². The zero-order valence-corrected chi connectivity index (χ0v) is 13.8. The topological polar surface area (TPSA) is 58.4 Å². The van der Waals surface area contributed by atoms with Gasteiger partial charge in [0.25, 0.3) is 0 Å². The first-order valence-electron chi connectivity index (χ1n) is 7.60. The van der Waals surface area contributed by atoms with Crippen molar-refractivity contribution in [2.45, 2.75) is 39.4 Å². The van der Waals surface area contributed by atoms with Gasteiger partial charge < -0.3 is 0 Å². The van der Waals surface area contributed by atoms with Crippen LogP contribution in [0.1, 0.15) is 24.6 Å². The summed E-state index contributed by atoms with van der Waals surface area (Å²) in [5, 5.41) is 4.39. The summed E-state index contributed by atoms with van der Waals surface area (Å²) in [5.74, 6) is 0.551. The van der Waals surface area contributed by atoms with Crippen molar-refractivity contribution in [2.24, 2.45) is 5.92 Å². The highest BCUT2D eigenvalue weighted by atomic mass is 32.2. The minimum Gasteiger partial charge on any atom is -0.297 e. The van der Waals surface area contributed by atoms with Gasteiger partial charge in [0.05, 0.1) is 12.5 Å². The number of piperidine rings is 1. The van der Waals surface area contributed by atoms with E-state index in [0.717, 1.165) is 32.6 Å². The molecular formula is C14H24N4O2S. The highest BCUT2D eigenvalue weighted by molar-refractivity contribution is 7.88. The Morgan fingerprint density at radius 3 is 2.76 bits per heavy atom. The second kappa shape index (κ2) is 5.37. The largest absolute Gasteiger partial charge is 0.297 e. The fourth-order valence-corrected chi connectivity index (χ4v) is 4.73. The Morgan fingerprint density at radius 1 is 1.38 bits per heavy atom. The average Bonchev–Trinajstić information content (AvgIpc) is 2.72. The van der Waals surface area contributed by atoms with Gasteiger partial charge in [-0.3, -0.25) is 9.58 Å². The second-order valence-electron chi connectivity index (χ2n) is 6.25. The summed E-state index contributed by atoms with van der Waals surface area (Å²) in [6.07, 6.45) is 4.36. The fourth-order valence-electron chi connectivity index (χ4n) is 3.54. The van der Waals surface area contributed by atoms with Crippen LogP contribution in [-0.4, -0.2) is 59.3 Å². The molecule has 2 saturated heterocycles. The summed E-state index contributed by atoms with van der Waals surface area (Å²) in [6, 6.07) is 0.176. The van der Waals surface area contributed by atoms with Crippen LogP contribution in [0, 0.1) is 12.8 Å². The van der Waals surface area contributed by atoms with Crippen LogP contribution < -0.4 is 0 Å². The van der Waals surface area contributed by atoms with Crippen molar-refractivity contribution in [1.82, 2.24) is 19.0 Å². The third kappa shape index (κ3) is 2.74. The first-order chi connectivity index (χ1) is 9.90. The molecule has 0 amide bonds. The number of nitrogens with zero attached hydrogens (tertiary/aromatic N) is 4. The summed E-state index contributed by atoms with van der Waals surface area (Å²) in [7, 11) is -3.05. The molecule has 0 bridgehead atoms. The molecule has 21 heavy (non-hydrogen) atoms. The van der Waals surface area contributed by atoms with E-state index < -0.39 is 10.0 Å². The third-order valence-corrected chi connectivity index (χ3v) is 6.19. The van der Waals surface area contributed by atoms with E-state index in [1.807, 2.05) is 10.9 Å². The van der Waals surface area contributed by atoms with Crippen molar-refractivity contribution in [1.29, 1.82) is 0 Å². The standard InChI is InChI=1S/C14H24N4O2S/c1-4-17-11(2)13(7-15-17)8-16-6-5-12-9-18(14(12)10-16)21(3,19)20/h7,12,14H,4-6,8-10H2,1-3H3/t12-,14-/m1/s1. The van der Waals surface area contributed by atoms with Gasteiger partial charge in [-0.1, -0.05) is 0 Å². The van der Waals surface area contributed by atoms with Crippen LogP contribution in [0.25, 0.3) is 0 Å². The lowest BCUT2D eigenvalue weighted by molar-refractivity contribution is 0.0109. The molecule has 0 saturated carbocycles. The van der Waals surface area contributed by atoms with Crippen molar-refractivity contribution in [3.8, 4) is 0 Å². The van der Waals surface area contributed by atoms with E-state index in [1.54, 1.807) is 4.31 Å². The molecule has 2 aliphatic heterocycles. The number of hydrogen-bond donors (Lipinski definition) is 0. The van der Waals surface area contributed by atoms with Gasteiger partial charge in [0.15, 0.2) is 0 Å². The molecule has 6 nitrogen and oxygen atoms in total. The number of sulfonamides is 1. The molecule has 3 rings (SSSR count). The molecular weight excluding hydrogens is 288 g/mol.